The van der Waals surface area contributed by atoms with Gasteiger partial charge in [0.2, 0.25) is 5.91 Å². The van der Waals surface area contributed by atoms with E-state index in [1.807, 2.05) is 24.3 Å². The van der Waals surface area contributed by atoms with Crippen LogP contribution in [-0.4, -0.2) is 44.0 Å². The van der Waals surface area contributed by atoms with Crippen LogP contribution in [0.3, 0.4) is 0 Å². The number of carbonyl (C=O) groups is 2. The van der Waals surface area contributed by atoms with E-state index in [0.717, 1.165) is 11.3 Å². The molecule has 5 nitrogen and oxygen atoms in total. The summed E-state index contributed by atoms with van der Waals surface area (Å²) in [6.45, 7) is 1.73. The van der Waals surface area contributed by atoms with Gasteiger partial charge in [-0.05, 0) is 24.6 Å². The van der Waals surface area contributed by atoms with Crippen molar-refractivity contribution in [3.8, 4) is 0 Å². The van der Waals surface area contributed by atoms with E-state index < -0.39 is 6.04 Å². The Kier molecular flexibility index (Phi) is 5.36. The van der Waals surface area contributed by atoms with Gasteiger partial charge in [-0.3, -0.25) is 4.79 Å². The van der Waals surface area contributed by atoms with Crippen molar-refractivity contribution in [1.29, 1.82) is 0 Å². The smallest absolute Gasteiger partial charge is 0.327 e. The fourth-order valence-corrected chi connectivity index (χ4v) is 1.54. The second-order valence-corrected chi connectivity index (χ2v) is 4.55. The molecule has 1 amide bonds. The lowest BCUT2D eigenvalue weighted by Crippen LogP contribution is -2.27. The van der Waals surface area contributed by atoms with Gasteiger partial charge in [0.25, 0.3) is 0 Å². The average molecular weight is 264 g/mol. The molecule has 0 heterocycles. The monoisotopic (exact) mass is 264 g/mol. The largest absolute Gasteiger partial charge is 0.467 e. The van der Waals surface area contributed by atoms with E-state index in [-0.39, 0.29) is 11.9 Å². The van der Waals surface area contributed by atoms with Gasteiger partial charge < -0.3 is 15.0 Å². The molecule has 0 saturated heterocycles. The maximum Gasteiger partial charge on any atom is 0.327 e. The summed E-state index contributed by atoms with van der Waals surface area (Å²) in [7, 11) is 4.82. The summed E-state index contributed by atoms with van der Waals surface area (Å²) in [5.41, 5.74) is 1.76. The number of nitrogens with one attached hydrogen (secondary N) is 1. The third kappa shape index (κ3) is 4.62. The Morgan fingerprint density at radius 1 is 1.26 bits per heavy atom. The Bertz CT molecular complexity index is 441. The number of hydrogen-bond acceptors (Lipinski definition) is 4. The number of benzene rings is 1. The lowest BCUT2D eigenvalue weighted by atomic mass is 10.1. The second kappa shape index (κ2) is 6.78. The Labute approximate surface area is 113 Å². The summed E-state index contributed by atoms with van der Waals surface area (Å²) >= 11 is 0. The highest BCUT2D eigenvalue weighted by atomic mass is 16.5. The Balaban J connectivity index is 2.61. The molecular formula is C14H20N2O3. The SMILES string of the molecule is COC(=O)C(C)Nc1ccc(CC(=O)N(C)C)cc1. The Hall–Kier alpha value is -2.04. The van der Waals surface area contributed by atoms with E-state index in [0.29, 0.717) is 6.42 Å². The van der Waals surface area contributed by atoms with Gasteiger partial charge in [0.05, 0.1) is 13.5 Å². The predicted octanol–water partition coefficient (Wildman–Crippen LogP) is 1.29. The number of anilines is 1. The van der Waals surface area contributed by atoms with Crippen molar-refractivity contribution in [1.82, 2.24) is 4.90 Å². The van der Waals surface area contributed by atoms with Crippen LogP contribution in [-0.2, 0) is 20.7 Å². The summed E-state index contributed by atoms with van der Waals surface area (Å²) < 4.78 is 4.64. The fraction of sp³-hybridized carbons (Fsp3) is 0.429. The van der Waals surface area contributed by atoms with Crippen LogP contribution in [0.4, 0.5) is 5.69 Å². The molecule has 0 bridgehead atoms. The van der Waals surface area contributed by atoms with Crippen LogP contribution in [0, 0.1) is 0 Å². The average Bonchev–Trinajstić information content (AvgIpc) is 2.39. The number of ether oxygens (including phenoxy) is 1. The highest BCUT2D eigenvalue weighted by Crippen LogP contribution is 2.12. The van der Waals surface area contributed by atoms with Crippen molar-refractivity contribution < 1.29 is 14.3 Å². The normalized spacial score (nSPS) is 11.6. The number of hydrogen-bond donors (Lipinski definition) is 1. The highest BCUT2D eigenvalue weighted by Gasteiger charge is 2.12. The molecule has 0 radical (unpaired) electrons. The van der Waals surface area contributed by atoms with Crippen molar-refractivity contribution in [2.24, 2.45) is 0 Å². The zero-order valence-corrected chi connectivity index (χ0v) is 11.8. The summed E-state index contributed by atoms with van der Waals surface area (Å²) in [6.07, 6.45) is 0.375. The van der Waals surface area contributed by atoms with Gasteiger partial charge in [-0.2, -0.15) is 0 Å². The molecule has 0 aromatic heterocycles. The van der Waals surface area contributed by atoms with Crippen LogP contribution in [0.2, 0.25) is 0 Å². The summed E-state index contributed by atoms with van der Waals surface area (Å²) in [4.78, 5) is 24.4. The van der Waals surface area contributed by atoms with Gasteiger partial charge in [0.15, 0.2) is 0 Å². The molecule has 1 unspecified atom stereocenters. The molecule has 0 fully saturated rings. The zero-order valence-electron chi connectivity index (χ0n) is 11.8. The minimum Gasteiger partial charge on any atom is -0.467 e. The molecule has 1 atom stereocenters. The standard InChI is InChI=1S/C14H20N2O3/c1-10(14(18)19-4)15-12-7-5-11(6-8-12)9-13(17)16(2)3/h5-8,10,15H,9H2,1-4H3. The molecular weight excluding hydrogens is 244 g/mol. The number of rotatable bonds is 5. The highest BCUT2D eigenvalue weighted by molar-refractivity contribution is 5.79. The number of methoxy groups -OCH3 is 1. The van der Waals surface area contributed by atoms with E-state index in [1.54, 1.807) is 25.9 Å². The van der Waals surface area contributed by atoms with Crippen LogP contribution in [0.1, 0.15) is 12.5 Å². The molecule has 0 saturated carbocycles. The molecule has 0 aliphatic heterocycles. The van der Waals surface area contributed by atoms with Gasteiger partial charge in [0.1, 0.15) is 6.04 Å². The minimum absolute atomic E-state index is 0.0589. The summed E-state index contributed by atoms with van der Waals surface area (Å²) in [6, 6.07) is 7.02. The van der Waals surface area contributed by atoms with Gasteiger partial charge in [0, 0.05) is 19.8 Å². The van der Waals surface area contributed by atoms with Gasteiger partial charge >= 0.3 is 5.97 Å². The molecule has 104 valence electrons. The Morgan fingerprint density at radius 2 is 1.84 bits per heavy atom. The lowest BCUT2D eigenvalue weighted by Gasteiger charge is -2.14. The van der Waals surface area contributed by atoms with Crippen LogP contribution < -0.4 is 5.32 Å². The first-order valence-electron chi connectivity index (χ1n) is 6.07. The number of esters is 1. The number of nitrogens with zero attached hydrogens (tertiary/aromatic N) is 1. The topological polar surface area (TPSA) is 58.6 Å². The van der Waals surface area contributed by atoms with E-state index >= 15 is 0 Å². The van der Waals surface area contributed by atoms with Crippen LogP contribution >= 0.6 is 0 Å². The Morgan fingerprint density at radius 3 is 2.32 bits per heavy atom. The number of carbonyl (C=O) groups excluding carboxylic acids is 2. The van der Waals surface area contributed by atoms with Crippen LogP contribution in [0.15, 0.2) is 24.3 Å². The van der Waals surface area contributed by atoms with E-state index in [4.69, 9.17) is 0 Å². The number of likely N-dealkylation sites (N-methyl/N-ethyl adjacent to an activating group) is 1. The molecule has 1 aromatic rings. The van der Waals surface area contributed by atoms with E-state index in [9.17, 15) is 9.59 Å². The predicted molar refractivity (Wildman–Crippen MR) is 73.9 cm³/mol. The van der Waals surface area contributed by atoms with Gasteiger partial charge in [-0.15, -0.1) is 0 Å². The molecule has 0 aliphatic carbocycles. The first-order valence-corrected chi connectivity index (χ1v) is 6.07. The van der Waals surface area contributed by atoms with Crippen molar-refractivity contribution in [2.75, 3.05) is 26.5 Å². The van der Waals surface area contributed by atoms with E-state index in [2.05, 4.69) is 10.1 Å². The van der Waals surface area contributed by atoms with Crippen molar-refractivity contribution in [2.45, 2.75) is 19.4 Å². The van der Waals surface area contributed by atoms with Crippen molar-refractivity contribution >= 4 is 17.6 Å². The van der Waals surface area contributed by atoms with Crippen LogP contribution in [0.25, 0.3) is 0 Å². The maximum absolute atomic E-state index is 11.6. The molecule has 1 N–H and O–H groups in total. The quantitative estimate of drug-likeness (QED) is 0.814. The second-order valence-electron chi connectivity index (χ2n) is 4.55. The maximum atomic E-state index is 11.6. The van der Waals surface area contributed by atoms with Crippen LogP contribution in [0.5, 0.6) is 0 Å². The summed E-state index contributed by atoms with van der Waals surface area (Å²) in [5, 5.41) is 3.03. The molecule has 5 heteroatoms. The van der Waals surface area contributed by atoms with Gasteiger partial charge in [-0.1, -0.05) is 12.1 Å². The van der Waals surface area contributed by atoms with E-state index in [1.165, 1.54) is 7.11 Å². The zero-order chi connectivity index (χ0) is 14.4. The van der Waals surface area contributed by atoms with Gasteiger partial charge in [-0.25, -0.2) is 4.79 Å². The molecule has 0 aliphatic rings. The minimum atomic E-state index is -0.403. The molecule has 1 aromatic carbocycles. The third-order valence-corrected chi connectivity index (χ3v) is 2.75. The molecule has 19 heavy (non-hydrogen) atoms. The summed E-state index contributed by atoms with van der Waals surface area (Å²) in [5.74, 6) is -0.254. The first-order chi connectivity index (χ1) is 8.93. The fourth-order valence-electron chi connectivity index (χ4n) is 1.54. The van der Waals surface area contributed by atoms with Crippen molar-refractivity contribution in [3.63, 3.8) is 0 Å². The number of amides is 1. The molecule has 1 rings (SSSR count). The molecule has 0 spiro atoms. The lowest BCUT2D eigenvalue weighted by molar-refractivity contribution is -0.141. The third-order valence-electron chi connectivity index (χ3n) is 2.75. The first kappa shape index (κ1) is 15.0. The van der Waals surface area contributed by atoms with Crippen molar-refractivity contribution in [3.05, 3.63) is 29.8 Å².